The van der Waals surface area contributed by atoms with Crippen molar-refractivity contribution in [3.8, 4) is 0 Å². The summed E-state index contributed by atoms with van der Waals surface area (Å²) in [4.78, 5) is 0. The lowest BCUT2D eigenvalue weighted by atomic mass is 9.88. The molecule has 0 saturated carbocycles. The lowest BCUT2D eigenvalue weighted by Crippen LogP contribution is -2.16. The van der Waals surface area contributed by atoms with Gasteiger partial charge in [0, 0.05) is 5.56 Å². The fourth-order valence-electron chi connectivity index (χ4n) is 1.37. The molecule has 2 aromatic carbocycles. The molecule has 4 N–H and O–H groups in total. The Morgan fingerprint density at radius 3 is 2.17 bits per heavy atom. The van der Waals surface area contributed by atoms with Crippen LogP contribution in [0, 0.1) is 5.82 Å². The third-order valence-corrected chi connectivity index (χ3v) is 2.22. The van der Waals surface area contributed by atoms with Gasteiger partial charge in [-0.3, -0.25) is 0 Å². The van der Waals surface area contributed by atoms with Crippen molar-refractivity contribution in [1.29, 1.82) is 0 Å². The molecule has 0 spiro atoms. The van der Waals surface area contributed by atoms with Gasteiger partial charge in [0.25, 0.3) is 0 Å². The maximum absolute atomic E-state index is 13.2. The molecular weight excluding hydrogens is 234 g/mol. The molecule has 0 aliphatic rings. The predicted octanol–water partition coefficient (Wildman–Crippen LogP) is 0.638. The number of halogens is 1. The molecule has 0 bridgehead atoms. The minimum Gasteiger partial charge on any atom is -0.430 e. The highest BCUT2D eigenvalue weighted by Crippen LogP contribution is 2.06. The molecule has 0 heterocycles. The summed E-state index contributed by atoms with van der Waals surface area (Å²) in [5.74, 6) is -0.232. The van der Waals surface area contributed by atoms with Crippen LogP contribution in [0.25, 0.3) is 0 Å². The molecule has 0 atom stereocenters. The Hall–Kier alpha value is -1.69. The summed E-state index contributed by atoms with van der Waals surface area (Å²) in [5.41, 5.74) is 1.54. The van der Waals surface area contributed by atoms with Crippen molar-refractivity contribution in [2.75, 3.05) is 0 Å². The number of benzene rings is 2. The van der Waals surface area contributed by atoms with E-state index in [4.69, 9.17) is 4.65 Å². The Kier molecular flexibility index (Phi) is 7.62. The van der Waals surface area contributed by atoms with E-state index in [2.05, 4.69) is 0 Å². The van der Waals surface area contributed by atoms with Gasteiger partial charge in [-0.25, -0.2) is 4.39 Å². The first kappa shape index (κ1) is 16.3. The Labute approximate surface area is 106 Å². The lowest BCUT2D eigenvalue weighted by molar-refractivity contribution is 0.323. The molecule has 0 unspecified atom stereocenters. The van der Waals surface area contributed by atoms with Gasteiger partial charge in [0.15, 0.2) is 0 Å². The zero-order chi connectivity index (χ0) is 11.2. The van der Waals surface area contributed by atoms with Gasteiger partial charge in [0.05, 0.1) is 6.61 Å². The molecule has 0 aliphatic heterocycles. The van der Waals surface area contributed by atoms with Crippen molar-refractivity contribution in [2.45, 2.75) is 6.61 Å². The molecular formula is C13H15BFO3. The van der Waals surface area contributed by atoms with Crippen molar-refractivity contribution >= 4 is 12.9 Å². The molecule has 3 nitrogen and oxygen atoms in total. The van der Waals surface area contributed by atoms with E-state index in [-0.39, 0.29) is 23.4 Å². The maximum Gasteiger partial charge on any atom is 0.330 e. The zero-order valence-corrected chi connectivity index (χ0v) is 9.77. The Balaban J connectivity index is 0.00000144. The molecule has 0 amide bonds. The van der Waals surface area contributed by atoms with Crippen LogP contribution in [0.1, 0.15) is 5.56 Å². The van der Waals surface area contributed by atoms with Crippen molar-refractivity contribution < 1.29 is 20.0 Å². The third kappa shape index (κ3) is 4.67. The van der Waals surface area contributed by atoms with Crippen LogP contribution in [0.15, 0.2) is 54.6 Å². The van der Waals surface area contributed by atoms with Gasteiger partial charge in [-0.15, -0.1) is 0 Å². The van der Waals surface area contributed by atoms with E-state index in [0.717, 1.165) is 5.46 Å². The van der Waals surface area contributed by atoms with Crippen LogP contribution >= 0.6 is 0 Å². The highest BCUT2D eigenvalue weighted by atomic mass is 19.1. The SMILES string of the molecule is Fc1ccccc1CO[B]c1ccccc1.O.O. The Morgan fingerprint density at radius 1 is 0.889 bits per heavy atom. The average Bonchev–Trinajstić information content (AvgIpc) is 2.33. The summed E-state index contributed by atoms with van der Waals surface area (Å²) in [5, 5.41) is 0. The molecule has 95 valence electrons. The first-order valence-electron chi connectivity index (χ1n) is 5.09. The topological polar surface area (TPSA) is 72.2 Å². The number of hydrogen-bond acceptors (Lipinski definition) is 1. The van der Waals surface area contributed by atoms with Crippen molar-refractivity contribution in [3.63, 3.8) is 0 Å². The quantitative estimate of drug-likeness (QED) is 0.732. The first-order chi connectivity index (χ1) is 7.86. The van der Waals surface area contributed by atoms with E-state index in [1.54, 1.807) is 25.7 Å². The highest BCUT2D eigenvalue weighted by Gasteiger charge is 2.01. The molecule has 18 heavy (non-hydrogen) atoms. The minimum absolute atomic E-state index is 0. The summed E-state index contributed by atoms with van der Waals surface area (Å²) in [6, 6.07) is 16.3. The molecule has 0 fully saturated rings. The second-order valence-corrected chi connectivity index (χ2v) is 3.43. The first-order valence-corrected chi connectivity index (χ1v) is 5.09. The van der Waals surface area contributed by atoms with Gasteiger partial charge >= 0.3 is 7.48 Å². The fourth-order valence-corrected chi connectivity index (χ4v) is 1.37. The van der Waals surface area contributed by atoms with Gasteiger partial charge in [-0.2, -0.15) is 0 Å². The van der Waals surface area contributed by atoms with E-state index in [1.165, 1.54) is 6.07 Å². The molecule has 0 aromatic heterocycles. The lowest BCUT2D eigenvalue weighted by Gasteiger charge is -2.04. The average molecular weight is 249 g/mol. The number of hydrogen-bond donors (Lipinski definition) is 0. The van der Waals surface area contributed by atoms with Gasteiger partial charge in [0.1, 0.15) is 5.82 Å². The van der Waals surface area contributed by atoms with E-state index < -0.39 is 0 Å². The monoisotopic (exact) mass is 249 g/mol. The van der Waals surface area contributed by atoms with E-state index in [0.29, 0.717) is 5.56 Å². The van der Waals surface area contributed by atoms with Crippen molar-refractivity contribution in [1.82, 2.24) is 0 Å². The molecule has 1 radical (unpaired) electrons. The van der Waals surface area contributed by atoms with Crippen LogP contribution < -0.4 is 5.46 Å². The molecule has 2 rings (SSSR count). The molecule has 0 saturated heterocycles. The summed E-state index contributed by atoms with van der Waals surface area (Å²) in [6.07, 6.45) is 0. The summed E-state index contributed by atoms with van der Waals surface area (Å²) < 4.78 is 18.5. The van der Waals surface area contributed by atoms with Gasteiger partial charge < -0.3 is 15.6 Å². The predicted molar refractivity (Wildman–Crippen MR) is 70.2 cm³/mol. The van der Waals surface area contributed by atoms with E-state index in [9.17, 15) is 4.39 Å². The van der Waals surface area contributed by atoms with Crippen molar-refractivity contribution in [2.24, 2.45) is 0 Å². The Morgan fingerprint density at radius 2 is 1.50 bits per heavy atom. The van der Waals surface area contributed by atoms with Gasteiger partial charge in [-0.1, -0.05) is 54.0 Å². The smallest absolute Gasteiger partial charge is 0.330 e. The van der Waals surface area contributed by atoms with Crippen LogP contribution in [-0.4, -0.2) is 18.4 Å². The Bertz CT molecular complexity index is 451. The second kappa shape index (κ2) is 8.41. The van der Waals surface area contributed by atoms with Crippen LogP contribution in [0.2, 0.25) is 0 Å². The second-order valence-electron chi connectivity index (χ2n) is 3.43. The van der Waals surface area contributed by atoms with Crippen LogP contribution in [0.3, 0.4) is 0 Å². The fraction of sp³-hybridized carbons (Fsp3) is 0.0769. The maximum atomic E-state index is 13.2. The van der Waals surface area contributed by atoms with E-state index >= 15 is 0 Å². The van der Waals surface area contributed by atoms with Crippen LogP contribution in [0.5, 0.6) is 0 Å². The molecule has 0 aliphatic carbocycles. The third-order valence-electron chi connectivity index (χ3n) is 2.22. The van der Waals surface area contributed by atoms with Gasteiger partial charge in [0.2, 0.25) is 0 Å². The minimum atomic E-state index is -0.232. The van der Waals surface area contributed by atoms with Crippen LogP contribution in [-0.2, 0) is 11.3 Å². The van der Waals surface area contributed by atoms with Gasteiger partial charge in [-0.05, 0) is 6.07 Å². The summed E-state index contributed by atoms with van der Waals surface area (Å²) in [7, 11) is 1.63. The number of rotatable bonds is 4. The summed E-state index contributed by atoms with van der Waals surface area (Å²) in [6.45, 7) is 0.252. The van der Waals surface area contributed by atoms with E-state index in [1.807, 2.05) is 30.3 Å². The molecule has 2 aromatic rings. The molecule has 5 heteroatoms. The largest absolute Gasteiger partial charge is 0.430 e. The zero-order valence-electron chi connectivity index (χ0n) is 9.77. The van der Waals surface area contributed by atoms with Crippen LogP contribution in [0.4, 0.5) is 4.39 Å². The highest BCUT2D eigenvalue weighted by molar-refractivity contribution is 6.46. The normalized spacial score (nSPS) is 8.94. The van der Waals surface area contributed by atoms with Crippen molar-refractivity contribution in [3.05, 3.63) is 66.0 Å². The standard InChI is InChI=1S/C13H11BFO.2H2O/c15-13-9-5-4-6-11(13)10-16-14-12-7-2-1-3-8-12;;/h1-9H,10H2;2*1H2. The summed E-state index contributed by atoms with van der Waals surface area (Å²) >= 11 is 0.